The van der Waals surface area contributed by atoms with Crippen LogP contribution in [0, 0.1) is 5.82 Å². The standard InChI is InChI=1S/C21H19FN2O3/c1-13(19-23-24-20(27-19)15-8-10-18(22)11-9-15)26-21(25)17-7-6-14-4-2-3-5-16(14)12-17/h6-13H,2-5H2,1H3/t13-/m0/s1. The molecule has 0 unspecified atom stereocenters. The van der Waals surface area contributed by atoms with Gasteiger partial charge in [0, 0.05) is 5.56 Å². The minimum absolute atomic E-state index is 0.195. The first-order valence-electron chi connectivity index (χ1n) is 9.02. The summed E-state index contributed by atoms with van der Waals surface area (Å²) in [7, 11) is 0. The average molecular weight is 366 g/mol. The second kappa shape index (κ2) is 7.31. The smallest absolute Gasteiger partial charge is 0.338 e. The van der Waals surface area contributed by atoms with Gasteiger partial charge in [-0.15, -0.1) is 10.2 Å². The maximum Gasteiger partial charge on any atom is 0.338 e. The van der Waals surface area contributed by atoms with Crippen LogP contribution in [0.4, 0.5) is 4.39 Å². The summed E-state index contributed by atoms with van der Waals surface area (Å²) in [6.07, 6.45) is 3.72. The molecule has 0 amide bonds. The van der Waals surface area contributed by atoms with Crippen molar-refractivity contribution in [3.05, 3.63) is 70.9 Å². The average Bonchev–Trinajstić information content (AvgIpc) is 3.18. The Hall–Kier alpha value is -3.02. The van der Waals surface area contributed by atoms with Gasteiger partial charge in [-0.3, -0.25) is 0 Å². The molecule has 0 N–H and O–H groups in total. The fourth-order valence-corrected chi connectivity index (χ4v) is 3.25. The van der Waals surface area contributed by atoms with Crippen molar-refractivity contribution in [2.75, 3.05) is 0 Å². The molecule has 1 aliphatic rings. The summed E-state index contributed by atoms with van der Waals surface area (Å²) in [6.45, 7) is 1.68. The molecule has 1 atom stereocenters. The third kappa shape index (κ3) is 3.74. The summed E-state index contributed by atoms with van der Waals surface area (Å²) >= 11 is 0. The van der Waals surface area contributed by atoms with Gasteiger partial charge in [0.1, 0.15) is 5.82 Å². The minimum atomic E-state index is -0.685. The number of aryl methyl sites for hydroxylation is 2. The van der Waals surface area contributed by atoms with E-state index in [2.05, 4.69) is 10.2 Å². The quantitative estimate of drug-likeness (QED) is 0.628. The van der Waals surface area contributed by atoms with E-state index in [9.17, 15) is 9.18 Å². The van der Waals surface area contributed by atoms with Gasteiger partial charge < -0.3 is 9.15 Å². The molecule has 0 fully saturated rings. The van der Waals surface area contributed by atoms with Crippen LogP contribution in [-0.2, 0) is 17.6 Å². The van der Waals surface area contributed by atoms with Gasteiger partial charge in [-0.1, -0.05) is 6.07 Å². The molecule has 1 aromatic heterocycles. The van der Waals surface area contributed by atoms with Crippen molar-refractivity contribution in [1.82, 2.24) is 10.2 Å². The Morgan fingerprint density at radius 2 is 1.81 bits per heavy atom. The Morgan fingerprint density at radius 3 is 2.59 bits per heavy atom. The largest absolute Gasteiger partial charge is 0.449 e. The van der Waals surface area contributed by atoms with E-state index in [1.54, 1.807) is 25.1 Å². The molecule has 2 aromatic carbocycles. The number of benzene rings is 2. The molecule has 0 spiro atoms. The van der Waals surface area contributed by atoms with Crippen molar-refractivity contribution in [3.63, 3.8) is 0 Å². The number of hydrogen-bond donors (Lipinski definition) is 0. The van der Waals surface area contributed by atoms with E-state index in [1.807, 2.05) is 12.1 Å². The Bertz CT molecular complexity index is 966. The number of rotatable bonds is 4. The van der Waals surface area contributed by atoms with Crippen LogP contribution >= 0.6 is 0 Å². The number of esters is 1. The molecular formula is C21H19FN2O3. The van der Waals surface area contributed by atoms with Crippen LogP contribution in [0.3, 0.4) is 0 Å². The van der Waals surface area contributed by atoms with Crippen LogP contribution in [0.5, 0.6) is 0 Å². The van der Waals surface area contributed by atoms with E-state index in [0.29, 0.717) is 11.1 Å². The molecule has 0 radical (unpaired) electrons. The summed E-state index contributed by atoms with van der Waals surface area (Å²) in [6, 6.07) is 11.5. The van der Waals surface area contributed by atoms with Crippen molar-refractivity contribution >= 4 is 5.97 Å². The normalized spacial score (nSPS) is 14.4. The lowest BCUT2D eigenvalue weighted by atomic mass is 9.90. The molecule has 5 nitrogen and oxygen atoms in total. The van der Waals surface area contributed by atoms with Crippen molar-refractivity contribution in [1.29, 1.82) is 0 Å². The summed E-state index contributed by atoms with van der Waals surface area (Å²) in [4.78, 5) is 12.5. The molecule has 4 rings (SSSR count). The zero-order valence-electron chi connectivity index (χ0n) is 14.9. The van der Waals surface area contributed by atoms with Crippen LogP contribution in [0.15, 0.2) is 46.9 Å². The fraction of sp³-hybridized carbons (Fsp3) is 0.286. The Kier molecular flexibility index (Phi) is 4.71. The highest BCUT2D eigenvalue weighted by Crippen LogP contribution is 2.25. The summed E-state index contributed by atoms with van der Waals surface area (Å²) in [5.41, 5.74) is 3.66. The first-order valence-corrected chi connectivity index (χ1v) is 9.02. The second-order valence-corrected chi connectivity index (χ2v) is 6.69. The van der Waals surface area contributed by atoms with Crippen LogP contribution in [0.1, 0.15) is 53.2 Å². The molecule has 0 saturated heterocycles. The van der Waals surface area contributed by atoms with Gasteiger partial charge in [0.25, 0.3) is 5.89 Å². The van der Waals surface area contributed by atoms with Crippen molar-refractivity contribution in [2.45, 2.75) is 38.7 Å². The lowest BCUT2D eigenvalue weighted by Gasteiger charge is -2.16. The summed E-state index contributed by atoms with van der Waals surface area (Å²) < 4.78 is 24.1. The molecule has 1 aliphatic carbocycles. The molecule has 1 heterocycles. The molecule has 3 aromatic rings. The van der Waals surface area contributed by atoms with Crippen molar-refractivity contribution < 1.29 is 18.3 Å². The maximum atomic E-state index is 13.0. The fourth-order valence-electron chi connectivity index (χ4n) is 3.25. The highest BCUT2D eigenvalue weighted by molar-refractivity contribution is 5.89. The molecule has 6 heteroatoms. The maximum absolute atomic E-state index is 13.0. The third-order valence-corrected chi connectivity index (χ3v) is 4.75. The van der Waals surface area contributed by atoms with Gasteiger partial charge in [-0.2, -0.15) is 0 Å². The monoisotopic (exact) mass is 366 g/mol. The van der Waals surface area contributed by atoms with Gasteiger partial charge in [-0.25, -0.2) is 9.18 Å². The zero-order chi connectivity index (χ0) is 18.8. The number of aromatic nitrogens is 2. The third-order valence-electron chi connectivity index (χ3n) is 4.75. The molecule has 0 bridgehead atoms. The summed E-state index contributed by atoms with van der Waals surface area (Å²) in [5.74, 6) is -0.314. The number of halogens is 1. The number of nitrogens with zero attached hydrogens (tertiary/aromatic N) is 2. The van der Waals surface area contributed by atoms with E-state index in [1.165, 1.54) is 29.7 Å². The molecule has 0 saturated carbocycles. The Labute approximate surface area is 156 Å². The summed E-state index contributed by atoms with van der Waals surface area (Å²) in [5, 5.41) is 7.89. The lowest BCUT2D eigenvalue weighted by Crippen LogP contribution is -2.11. The number of carbonyl (C=O) groups is 1. The Morgan fingerprint density at radius 1 is 1.07 bits per heavy atom. The number of fused-ring (bicyclic) bond motifs is 1. The van der Waals surface area contributed by atoms with E-state index in [0.717, 1.165) is 19.3 Å². The zero-order valence-corrected chi connectivity index (χ0v) is 14.9. The molecule has 0 aliphatic heterocycles. The van der Waals surface area contributed by atoms with Gasteiger partial charge in [0.05, 0.1) is 5.56 Å². The Balaban J connectivity index is 1.46. The minimum Gasteiger partial charge on any atom is -0.449 e. The van der Waals surface area contributed by atoms with E-state index in [-0.39, 0.29) is 17.6 Å². The second-order valence-electron chi connectivity index (χ2n) is 6.69. The molecule has 138 valence electrons. The van der Waals surface area contributed by atoms with Crippen LogP contribution in [-0.4, -0.2) is 16.2 Å². The number of ether oxygens (including phenoxy) is 1. The predicted molar refractivity (Wildman–Crippen MR) is 96.6 cm³/mol. The molecular weight excluding hydrogens is 347 g/mol. The molecule has 27 heavy (non-hydrogen) atoms. The van der Waals surface area contributed by atoms with Crippen LogP contribution < -0.4 is 0 Å². The first-order chi connectivity index (χ1) is 13.1. The van der Waals surface area contributed by atoms with Gasteiger partial charge in [0.15, 0.2) is 6.10 Å². The van der Waals surface area contributed by atoms with Crippen LogP contribution in [0.25, 0.3) is 11.5 Å². The topological polar surface area (TPSA) is 65.2 Å². The van der Waals surface area contributed by atoms with E-state index in [4.69, 9.17) is 9.15 Å². The van der Waals surface area contributed by atoms with Crippen LogP contribution in [0.2, 0.25) is 0 Å². The van der Waals surface area contributed by atoms with E-state index >= 15 is 0 Å². The van der Waals surface area contributed by atoms with Crippen molar-refractivity contribution in [2.24, 2.45) is 0 Å². The predicted octanol–water partition coefficient (Wildman–Crippen LogP) is 4.67. The van der Waals surface area contributed by atoms with Gasteiger partial charge in [0.2, 0.25) is 5.89 Å². The van der Waals surface area contributed by atoms with Gasteiger partial charge >= 0.3 is 5.97 Å². The highest BCUT2D eigenvalue weighted by atomic mass is 19.1. The number of hydrogen-bond acceptors (Lipinski definition) is 5. The first kappa shape index (κ1) is 17.4. The van der Waals surface area contributed by atoms with Gasteiger partial charge in [-0.05, 0) is 80.1 Å². The number of carbonyl (C=O) groups excluding carboxylic acids is 1. The van der Waals surface area contributed by atoms with E-state index < -0.39 is 12.1 Å². The lowest BCUT2D eigenvalue weighted by molar-refractivity contribution is 0.0279. The van der Waals surface area contributed by atoms with Crippen molar-refractivity contribution in [3.8, 4) is 11.5 Å². The highest BCUT2D eigenvalue weighted by Gasteiger charge is 2.21. The SMILES string of the molecule is C[C@H](OC(=O)c1ccc2c(c1)CCCC2)c1nnc(-c2ccc(F)cc2)o1.